The molecule has 1 aliphatic carbocycles. The van der Waals surface area contributed by atoms with Gasteiger partial charge in [-0.2, -0.15) is 0 Å². The van der Waals surface area contributed by atoms with Gasteiger partial charge in [-0.3, -0.25) is 0 Å². The van der Waals surface area contributed by atoms with Crippen molar-refractivity contribution in [3.8, 4) is 0 Å². The summed E-state index contributed by atoms with van der Waals surface area (Å²) in [6.45, 7) is 3.02. The molecule has 0 bridgehead atoms. The molecule has 4 nitrogen and oxygen atoms in total. The zero-order valence-electron chi connectivity index (χ0n) is 8.21. The molecule has 0 unspecified atom stereocenters. The van der Waals surface area contributed by atoms with Crippen molar-refractivity contribution in [1.29, 1.82) is 0 Å². The SMILES string of the molecule is CCN[C@H]1CC[C@H](NS(C)(=O)=O)C1. The van der Waals surface area contributed by atoms with E-state index in [1.807, 2.05) is 0 Å². The second-order valence-electron chi connectivity index (χ2n) is 3.65. The van der Waals surface area contributed by atoms with Gasteiger partial charge in [-0.05, 0) is 25.8 Å². The first kappa shape index (κ1) is 10.9. The van der Waals surface area contributed by atoms with Gasteiger partial charge in [-0.1, -0.05) is 6.92 Å². The highest BCUT2D eigenvalue weighted by molar-refractivity contribution is 7.88. The molecule has 0 aromatic rings. The molecule has 0 aromatic heterocycles. The largest absolute Gasteiger partial charge is 0.314 e. The second-order valence-corrected chi connectivity index (χ2v) is 5.43. The summed E-state index contributed by atoms with van der Waals surface area (Å²) in [6, 6.07) is 0.628. The van der Waals surface area contributed by atoms with Crippen molar-refractivity contribution in [2.45, 2.75) is 38.3 Å². The predicted molar refractivity (Wildman–Crippen MR) is 53.1 cm³/mol. The predicted octanol–water partition coefficient (Wildman–Crippen LogP) is 0.0662. The van der Waals surface area contributed by atoms with Gasteiger partial charge in [-0.15, -0.1) is 0 Å². The minimum Gasteiger partial charge on any atom is -0.314 e. The van der Waals surface area contributed by atoms with Crippen LogP contribution in [0.1, 0.15) is 26.2 Å². The molecule has 1 saturated carbocycles. The van der Waals surface area contributed by atoms with Gasteiger partial charge in [0.05, 0.1) is 6.26 Å². The van der Waals surface area contributed by atoms with Crippen LogP contribution >= 0.6 is 0 Å². The molecule has 5 heteroatoms. The monoisotopic (exact) mass is 206 g/mol. The minimum atomic E-state index is -3.02. The van der Waals surface area contributed by atoms with Crippen LogP contribution in [0.4, 0.5) is 0 Å². The van der Waals surface area contributed by atoms with Gasteiger partial charge >= 0.3 is 0 Å². The molecule has 2 atom stereocenters. The highest BCUT2D eigenvalue weighted by Crippen LogP contribution is 2.19. The van der Waals surface area contributed by atoms with Crippen molar-refractivity contribution < 1.29 is 8.42 Å². The van der Waals surface area contributed by atoms with Crippen LogP contribution in [0.5, 0.6) is 0 Å². The standard InChI is InChI=1S/C8H18N2O2S/c1-3-9-7-4-5-8(6-7)10-13(2,11)12/h7-10H,3-6H2,1-2H3/t7-,8-/m0/s1. The van der Waals surface area contributed by atoms with Crippen LogP contribution in [0.3, 0.4) is 0 Å². The topological polar surface area (TPSA) is 58.2 Å². The lowest BCUT2D eigenvalue weighted by Gasteiger charge is -2.12. The fraction of sp³-hybridized carbons (Fsp3) is 1.00. The first-order chi connectivity index (χ1) is 6.01. The molecule has 0 saturated heterocycles. The van der Waals surface area contributed by atoms with E-state index in [1.165, 1.54) is 6.26 Å². The molecule has 0 spiro atoms. The summed E-state index contributed by atoms with van der Waals surface area (Å²) in [5.41, 5.74) is 0. The normalized spacial score (nSPS) is 29.4. The smallest absolute Gasteiger partial charge is 0.208 e. The molecular formula is C8H18N2O2S. The van der Waals surface area contributed by atoms with Crippen LogP contribution in [0.15, 0.2) is 0 Å². The van der Waals surface area contributed by atoms with Crippen LogP contribution in [0.2, 0.25) is 0 Å². The van der Waals surface area contributed by atoms with Crippen molar-refractivity contribution >= 4 is 10.0 Å². The molecule has 0 aliphatic heterocycles. The first-order valence-corrected chi connectivity index (χ1v) is 6.61. The molecular weight excluding hydrogens is 188 g/mol. The van der Waals surface area contributed by atoms with Crippen molar-refractivity contribution in [3.63, 3.8) is 0 Å². The number of rotatable bonds is 4. The van der Waals surface area contributed by atoms with Crippen LogP contribution in [0, 0.1) is 0 Å². The Morgan fingerprint density at radius 2 is 1.92 bits per heavy atom. The van der Waals surface area contributed by atoms with E-state index in [2.05, 4.69) is 17.0 Å². The van der Waals surface area contributed by atoms with Gasteiger partial charge in [-0.25, -0.2) is 13.1 Å². The summed E-state index contributed by atoms with van der Waals surface area (Å²) < 4.78 is 24.5. The fourth-order valence-corrected chi connectivity index (χ4v) is 2.68. The number of hydrogen-bond acceptors (Lipinski definition) is 3. The Hall–Kier alpha value is -0.130. The zero-order valence-corrected chi connectivity index (χ0v) is 9.02. The maximum Gasteiger partial charge on any atom is 0.208 e. The minimum absolute atomic E-state index is 0.138. The van der Waals surface area contributed by atoms with E-state index in [9.17, 15) is 8.42 Å². The maximum absolute atomic E-state index is 10.9. The van der Waals surface area contributed by atoms with Gasteiger partial charge in [0, 0.05) is 12.1 Å². The summed E-state index contributed by atoms with van der Waals surface area (Å²) in [6.07, 6.45) is 4.15. The summed E-state index contributed by atoms with van der Waals surface area (Å²) in [4.78, 5) is 0. The van der Waals surface area contributed by atoms with Crippen LogP contribution in [-0.4, -0.2) is 33.3 Å². The van der Waals surface area contributed by atoms with E-state index in [0.717, 1.165) is 25.8 Å². The lowest BCUT2D eigenvalue weighted by Crippen LogP contribution is -2.34. The Kier molecular flexibility index (Phi) is 3.70. The van der Waals surface area contributed by atoms with E-state index in [0.29, 0.717) is 6.04 Å². The summed E-state index contributed by atoms with van der Waals surface area (Å²) in [5, 5.41) is 3.33. The van der Waals surface area contributed by atoms with Gasteiger partial charge in [0.15, 0.2) is 0 Å². The molecule has 1 fully saturated rings. The van der Waals surface area contributed by atoms with Gasteiger partial charge in [0.2, 0.25) is 10.0 Å². The van der Waals surface area contributed by atoms with Crippen LogP contribution in [0.25, 0.3) is 0 Å². The average Bonchev–Trinajstić information content (AvgIpc) is 2.33. The van der Waals surface area contributed by atoms with Gasteiger partial charge in [0.25, 0.3) is 0 Å². The number of sulfonamides is 1. The van der Waals surface area contributed by atoms with Crippen molar-refractivity contribution in [3.05, 3.63) is 0 Å². The summed E-state index contributed by atoms with van der Waals surface area (Å²) >= 11 is 0. The molecule has 1 aliphatic rings. The summed E-state index contributed by atoms with van der Waals surface area (Å²) in [7, 11) is -3.02. The third-order valence-electron chi connectivity index (χ3n) is 2.31. The highest BCUT2D eigenvalue weighted by Gasteiger charge is 2.25. The molecule has 1 rings (SSSR count). The van der Waals surface area contributed by atoms with Gasteiger partial charge < -0.3 is 5.32 Å². The lowest BCUT2D eigenvalue weighted by atomic mass is 10.2. The van der Waals surface area contributed by atoms with Crippen molar-refractivity contribution in [1.82, 2.24) is 10.0 Å². The van der Waals surface area contributed by atoms with E-state index < -0.39 is 10.0 Å². The summed E-state index contributed by atoms with van der Waals surface area (Å²) in [5.74, 6) is 0. The average molecular weight is 206 g/mol. The van der Waals surface area contributed by atoms with Crippen molar-refractivity contribution in [2.75, 3.05) is 12.8 Å². The molecule has 0 aromatic carbocycles. The third-order valence-corrected chi connectivity index (χ3v) is 3.07. The zero-order chi connectivity index (χ0) is 9.90. The Balaban J connectivity index is 2.33. The van der Waals surface area contributed by atoms with Crippen LogP contribution < -0.4 is 10.0 Å². The lowest BCUT2D eigenvalue weighted by molar-refractivity contribution is 0.519. The Labute approximate surface area is 80.1 Å². The van der Waals surface area contributed by atoms with E-state index in [1.54, 1.807) is 0 Å². The fourth-order valence-electron chi connectivity index (χ4n) is 1.87. The molecule has 2 N–H and O–H groups in total. The Morgan fingerprint density at radius 3 is 2.46 bits per heavy atom. The molecule has 13 heavy (non-hydrogen) atoms. The molecule has 0 radical (unpaired) electrons. The quantitative estimate of drug-likeness (QED) is 0.684. The number of nitrogens with one attached hydrogen (secondary N) is 2. The van der Waals surface area contributed by atoms with E-state index >= 15 is 0 Å². The van der Waals surface area contributed by atoms with Crippen LogP contribution in [-0.2, 0) is 10.0 Å². The molecule has 78 valence electrons. The Bertz CT molecular complexity index is 251. The second kappa shape index (κ2) is 4.39. The molecule has 0 heterocycles. The Morgan fingerprint density at radius 1 is 1.31 bits per heavy atom. The maximum atomic E-state index is 10.9. The van der Waals surface area contributed by atoms with E-state index in [4.69, 9.17) is 0 Å². The number of hydrogen-bond donors (Lipinski definition) is 2. The highest BCUT2D eigenvalue weighted by atomic mass is 32.2. The van der Waals surface area contributed by atoms with E-state index in [-0.39, 0.29) is 6.04 Å². The third kappa shape index (κ3) is 4.06. The first-order valence-electron chi connectivity index (χ1n) is 4.72. The van der Waals surface area contributed by atoms with Crippen molar-refractivity contribution in [2.24, 2.45) is 0 Å². The molecule has 0 amide bonds. The van der Waals surface area contributed by atoms with Gasteiger partial charge in [0.1, 0.15) is 0 Å².